The maximum Gasteiger partial charge on any atom is 0.254 e. The number of nitrogens with zero attached hydrogens (tertiary/aromatic N) is 5. The van der Waals surface area contributed by atoms with Gasteiger partial charge in [0.05, 0.1) is 30.1 Å². The van der Waals surface area contributed by atoms with E-state index in [1.54, 1.807) is 7.11 Å². The lowest BCUT2D eigenvalue weighted by molar-refractivity contribution is -0.125. The lowest BCUT2D eigenvalue weighted by atomic mass is 10.0. The number of fused-ring (bicyclic) bond motifs is 3. The summed E-state index contributed by atoms with van der Waals surface area (Å²) in [6.07, 6.45) is 6.16. The van der Waals surface area contributed by atoms with Crippen LogP contribution in [0.4, 0.5) is 0 Å². The van der Waals surface area contributed by atoms with E-state index in [9.17, 15) is 9.59 Å². The van der Waals surface area contributed by atoms with Gasteiger partial charge in [-0.2, -0.15) is 0 Å². The van der Waals surface area contributed by atoms with Crippen LogP contribution in [0.3, 0.4) is 0 Å². The number of imidazole rings is 1. The number of nitrogens with two attached hydrogens (primary N) is 1. The topological polar surface area (TPSA) is 120 Å². The number of hydrogen-bond donors (Lipinski definition) is 2. The van der Waals surface area contributed by atoms with Crippen LogP contribution in [0.25, 0.3) is 33.6 Å². The maximum atomic E-state index is 13.5. The van der Waals surface area contributed by atoms with Gasteiger partial charge in [0.15, 0.2) is 5.82 Å². The summed E-state index contributed by atoms with van der Waals surface area (Å²) in [5.74, 6) is 2.71. The van der Waals surface area contributed by atoms with Crippen LogP contribution < -0.4 is 15.8 Å². The summed E-state index contributed by atoms with van der Waals surface area (Å²) in [4.78, 5) is 38.5. The first-order valence-corrected chi connectivity index (χ1v) is 16.1. The average Bonchev–Trinajstić information content (AvgIpc) is 3.54. The molecular weight excluding hydrogens is 554 g/mol. The summed E-state index contributed by atoms with van der Waals surface area (Å²) in [5, 5.41) is 4.22. The van der Waals surface area contributed by atoms with Gasteiger partial charge in [-0.15, -0.1) is 0 Å². The van der Waals surface area contributed by atoms with Crippen molar-refractivity contribution in [3.8, 4) is 17.3 Å². The van der Waals surface area contributed by atoms with Crippen molar-refractivity contribution in [2.24, 2.45) is 30.5 Å². The molecule has 1 saturated carbocycles. The Morgan fingerprint density at radius 3 is 2.68 bits per heavy atom. The number of piperidine rings is 1. The third-order valence-corrected chi connectivity index (χ3v) is 10.1. The first-order valence-electron chi connectivity index (χ1n) is 16.1. The van der Waals surface area contributed by atoms with Crippen LogP contribution in [-0.4, -0.2) is 62.1 Å². The van der Waals surface area contributed by atoms with Crippen molar-refractivity contribution < 1.29 is 14.3 Å². The summed E-state index contributed by atoms with van der Waals surface area (Å²) in [6.45, 7) is 6.17. The summed E-state index contributed by atoms with van der Waals surface area (Å²) < 4.78 is 10.2. The largest absolute Gasteiger partial charge is 0.494 e. The average molecular weight is 598 g/mol. The summed E-state index contributed by atoms with van der Waals surface area (Å²) >= 11 is 0. The number of ether oxygens (including phenoxy) is 1. The van der Waals surface area contributed by atoms with Crippen LogP contribution in [0.2, 0.25) is 0 Å². The molecule has 1 saturated heterocycles. The summed E-state index contributed by atoms with van der Waals surface area (Å²) in [5.41, 5.74) is 11.0. The van der Waals surface area contributed by atoms with Gasteiger partial charge in [0, 0.05) is 49.6 Å². The van der Waals surface area contributed by atoms with Gasteiger partial charge in [-0.1, -0.05) is 19.8 Å². The van der Waals surface area contributed by atoms with Gasteiger partial charge >= 0.3 is 0 Å². The van der Waals surface area contributed by atoms with E-state index >= 15 is 0 Å². The molecule has 10 nitrogen and oxygen atoms in total. The smallest absolute Gasteiger partial charge is 0.254 e. The van der Waals surface area contributed by atoms with Gasteiger partial charge in [0.2, 0.25) is 5.91 Å². The van der Waals surface area contributed by atoms with Crippen LogP contribution >= 0.6 is 0 Å². The highest BCUT2D eigenvalue weighted by atomic mass is 16.5. The summed E-state index contributed by atoms with van der Waals surface area (Å²) in [6, 6.07) is 9.81. The Morgan fingerprint density at radius 2 is 1.89 bits per heavy atom. The number of nitrogens with one attached hydrogen (secondary N) is 1. The number of pyridine rings is 1. The molecule has 3 N–H and O–H groups in total. The van der Waals surface area contributed by atoms with E-state index < -0.39 is 0 Å². The molecule has 7 rings (SSSR count). The number of aromatic nitrogens is 4. The molecule has 1 aromatic carbocycles. The van der Waals surface area contributed by atoms with Crippen molar-refractivity contribution in [1.29, 1.82) is 0 Å². The molecule has 3 aromatic heterocycles. The molecule has 5 atom stereocenters. The molecule has 5 heterocycles. The molecule has 232 valence electrons. The first-order chi connectivity index (χ1) is 21.2. The minimum absolute atomic E-state index is 0.000403. The van der Waals surface area contributed by atoms with E-state index in [-0.39, 0.29) is 29.8 Å². The van der Waals surface area contributed by atoms with Gasteiger partial charge < -0.3 is 29.8 Å². The minimum Gasteiger partial charge on any atom is -0.494 e. The molecule has 2 bridgehead atoms. The van der Waals surface area contributed by atoms with Gasteiger partial charge in [-0.25, -0.2) is 9.97 Å². The molecule has 4 aromatic rings. The number of carbonyl (C=O) groups is 2. The molecular formula is C34H43N7O3. The van der Waals surface area contributed by atoms with Gasteiger partial charge in [0.25, 0.3) is 5.91 Å². The van der Waals surface area contributed by atoms with Crippen LogP contribution in [0.15, 0.2) is 30.3 Å². The van der Waals surface area contributed by atoms with Gasteiger partial charge in [0.1, 0.15) is 16.9 Å². The van der Waals surface area contributed by atoms with Crippen molar-refractivity contribution >= 4 is 33.9 Å². The lowest BCUT2D eigenvalue weighted by Gasteiger charge is -2.30. The zero-order valence-electron chi connectivity index (χ0n) is 26.2. The molecule has 0 spiro atoms. The molecule has 10 heteroatoms. The molecule has 44 heavy (non-hydrogen) atoms. The number of likely N-dealkylation sites (tertiary alicyclic amines) is 1. The SMILES string of the molecule is COc1cc(C(=O)N2CCC[C@@H](N)C2)cc2nc(-c3cc4ccc5nc4n3C[C@@H]3C[C@H]3CCCC(C)C(=O)N[C@@H]5C)n(C)c12. The van der Waals surface area contributed by atoms with Crippen molar-refractivity contribution in [3.63, 3.8) is 0 Å². The number of methoxy groups -OCH3 is 1. The zero-order valence-corrected chi connectivity index (χ0v) is 26.2. The molecule has 3 aliphatic rings. The second kappa shape index (κ2) is 11.2. The Hall–Kier alpha value is -3.92. The number of aryl methyl sites for hydroxylation is 1. The van der Waals surface area contributed by atoms with Gasteiger partial charge in [-0.05, 0) is 74.8 Å². The van der Waals surface area contributed by atoms with Crippen molar-refractivity contribution in [3.05, 3.63) is 41.6 Å². The van der Waals surface area contributed by atoms with E-state index in [4.69, 9.17) is 20.4 Å². The molecule has 1 aliphatic carbocycles. The van der Waals surface area contributed by atoms with E-state index in [1.165, 1.54) is 6.42 Å². The highest BCUT2D eigenvalue weighted by molar-refractivity contribution is 6.00. The first kappa shape index (κ1) is 28.8. The van der Waals surface area contributed by atoms with E-state index in [0.717, 1.165) is 72.4 Å². The van der Waals surface area contributed by atoms with Crippen molar-refractivity contribution in [2.45, 2.75) is 71.0 Å². The minimum atomic E-state index is -0.191. The number of hydrogen-bond acceptors (Lipinski definition) is 6. The molecule has 2 aliphatic heterocycles. The van der Waals surface area contributed by atoms with Crippen LogP contribution in [-0.2, 0) is 18.4 Å². The van der Waals surface area contributed by atoms with E-state index in [0.29, 0.717) is 41.8 Å². The predicted molar refractivity (Wildman–Crippen MR) is 170 cm³/mol. The molecule has 1 unspecified atom stereocenters. The zero-order chi connectivity index (χ0) is 30.7. The maximum absolute atomic E-state index is 13.5. The Balaban J connectivity index is 1.33. The van der Waals surface area contributed by atoms with Crippen LogP contribution in [0, 0.1) is 17.8 Å². The predicted octanol–water partition coefficient (Wildman–Crippen LogP) is 4.80. The fourth-order valence-electron chi connectivity index (χ4n) is 7.32. The second-order valence-electron chi connectivity index (χ2n) is 13.3. The Kier molecular flexibility index (Phi) is 7.35. The number of benzene rings is 1. The van der Waals surface area contributed by atoms with Crippen molar-refractivity contribution in [1.82, 2.24) is 29.3 Å². The Morgan fingerprint density at radius 1 is 1.05 bits per heavy atom. The van der Waals surface area contributed by atoms with Crippen LogP contribution in [0.1, 0.15) is 74.5 Å². The number of amides is 2. The molecule has 2 fully saturated rings. The highest BCUT2D eigenvalue weighted by Crippen LogP contribution is 2.45. The van der Waals surface area contributed by atoms with Crippen LogP contribution in [0.5, 0.6) is 5.75 Å². The second-order valence-corrected chi connectivity index (χ2v) is 13.3. The molecule has 0 radical (unpaired) electrons. The Bertz CT molecular complexity index is 1760. The fraction of sp³-hybridized carbons (Fsp3) is 0.529. The molecule has 2 amide bonds. The highest BCUT2D eigenvalue weighted by Gasteiger charge is 2.38. The normalized spacial score (nSPS) is 26.0. The number of carbonyl (C=O) groups excluding carboxylic acids is 2. The monoisotopic (exact) mass is 597 g/mol. The lowest BCUT2D eigenvalue weighted by Crippen LogP contribution is -2.45. The fourth-order valence-corrected chi connectivity index (χ4v) is 7.32. The third-order valence-electron chi connectivity index (χ3n) is 10.1. The van der Waals surface area contributed by atoms with Crippen molar-refractivity contribution in [2.75, 3.05) is 20.2 Å². The van der Waals surface area contributed by atoms with Gasteiger partial charge in [-0.3, -0.25) is 9.59 Å². The number of rotatable bonds is 3. The summed E-state index contributed by atoms with van der Waals surface area (Å²) in [7, 11) is 3.64. The van der Waals surface area contributed by atoms with E-state index in [2.05, 4.69) is 26.6 Å². The standard InChI is InChI=1S/C34H43N7O3/c1-19-7-5-8-21-13-24(21)17-41-28(15-22-10-11-26(37-31(22)41)20(2)36-33(19)42)32-38-27-14-23(16-29(44-4)30(27)39(32)3)34(43)40-12-6-9-25(35)18-40/h10-11,14-16,19-21,24-25H,5-9,12-13,17-18,35H2,1-4H3,(H,36,42)/t19?,20-,21-,24+,25-/m1/s1. The Labute approximate surface area is 257 Å². The third kappa shape index (κ3) is 5.12. The van der Waals surface area contributed by atoms with E-state index in [1.807, 2.05) is 44.0 Å². The quantitative estimate of drug-likeness (QED) is 0.350.